The van der Waals surface area contributed by atoms with Crippen LogP contribution in [0.4, 0.5) is 5.69 Å². The third-order valence-electron chi connectivity index (χ3n) is 2.03. The normalized spacial score (nSPS) is 9.57. The predicted molar refractivity (Wildman–Crippen MR) is 64.0 cm³/mol. The van der Waals surface area contributed by atoms with E-state index in [-0.39, 0.29) is 12.4 Å². The van der Waals surface area contributed by atoms with Crippen LogP contribution in [0.5, 0.6) is 0 Å². The second kappa shape index (κ2) is 4.51. The van der Waals surface area contributed by atoms with Gasteiger partial charge in [-0.2, -0.15) is 0 Å². The van der Waals surface area contributed by atoms with Crippen molar-refractivity contribution < 1.29 is 0 Å². The van der Waals surface area contributed by atoms with Crippen molar-refractivity contribution in [1.29, 1.82) is 0 Å². The van der Waals surface area contributed by atoms with Gasteiger partial charge >= 0.3 is 0 Å². The number of hydrogen-bond acceptors (Lipinski definition) is 2. The Hall–Kier alpha value is -0.960. The summed E-state index contributed by atoms with van der Waals surface area (Å²) in [5, 5.41) is 2.80. The van der Waals surface area contributed by atoms with Crippen LogP contribution in [0.2, 0.25) is 5.02 Å². The molecule has 0 heterocycles. The van der Waals surface area contributed by atoms with E-state index in [0.717, 1.165) is 21.5 Å². The molecule has 0 aliphatic rings. The molecular formula is C10H10Cl2N2. The van der Waals surface area contributed by atoms with Gasteiger partial charge in [0.2, 0.25) is 0 Å². The first kappa shape index (κ1) is 11.1. The fourth-order valence-electron chi connectivity index (χ4n) is 1.39. The Morgan fingerprint density at radius 1 is 1.00 bits per heavy atom. The topological polar surface area (TPSA) is 38.0 Å². The molecule has 0 spiro atoms. The summed E-state index contributed by atoms with van der Waals surface area (Å²) in [6.07, 6.45) is 0. The molecule has 2 aromatic rings. The average Bonchev–Trinajstić information content (AvgIpc) is 2.19. The Morgan fingerprint density at radius 2 is 1.64 bits per heavy atom. The fraction of sp³-hybridized carbons (Fsp3) is 0. The summed E-state index contributed by atoms with van der Waals surface area (Å²) in [6, 6.07) is 11.6. The molecule has 0 bridgehead atoms. The van der Waals surface area contributed by atoms with Gasteiger partial charge in [-0.15, -0.1) is 12.4 Å². The number of hydrazine groups is 1. The van der Waals surface area contributed by atoms with Crippen LogP contribution in [-0.4, -0.2) is 0 Å². The smallest absolute Gasteiger partial charge is 0.0564 e. The summed E-state index contributed by atoms with van der Waals surface area (Å²) in [5.74, 6) is 5.37. The van der Waals surface area contributed by atoms with Gasteiger partial charge in [-0.3, -0.25) is 5.84 Å². The molecule has 2 rings (SSSR count). The third kappa shape index (κ3) is 1.77. The van der Waals surface area contributed by atoms with Crippen LogP contribution in [0.1, 0.15) is 0 Å². The zero-order chi connectivity index (χ0) is 9.26. The van der Waals surface area contributed by atoms with E-state index in [4.69, 9.17) is 17.4 Å². The number of nitrogens with one attached hydrogen (secondary N) is 1. The molecule has 0 amide bonds. The van der Waals surface area contributed by atoms with Crippen LogP contribution in [-0.2, 0) is 0 Å². The first-order chi connectivity index (χ1) is 6.33. The molecule has 0 fully saturated rings. The highest BCUT2D eigenvalue weighted by molar-refractivity contribution is 6.36. The van der Waals surface area contributed by atoms with E-state index < -0.39 is 0 Å². The van der Waals surface area contributed by atoms with Crippen molar-refractivity contribution in [3.05, 3.63) is 41.4 Å². The van der Waals surface area contributed by atoms with Gasteiger partial charge in [-0.25, -0.2) is 0 Å². The van der Waals surface area contributed by atoms with Gasteiger partial charge in [0.1, 0.15) is 0 Å². The van der Waals surface area contributed by atoms with Crippen molar-refractivity contribution in [1.82, 2.24) is 0 Å². The molecular weight excluding hydrogens is 219 g/mol. The van der Waals surface area contributed by atoms with E-state index in [1.807, 2.05) is 36.4 Å². The summed E-state index contributed by atoms with van der Waals surface area (Å²) < 4.78 is 0. The van der Waals surface area contributed by atoms with Crippen LogP contribution in [0.25, 0.3) is 10.8 Å². The number of nitrogens with two attached hydrogens (primary N) is 1. The molecule has 2 nitrogen and oxygen atoms in total. The van der Waals surface area contributed by atoms with E-state index in [1.165, 1.54) is 0 Å². The fourth-order valence-corrected chi connectivity index (χ4v) is 1.62. The van der Waals surface area contributed by atoms with Crippen molar-refractivity contribution in [3.8, 4) is 0 Å². The average molecular weight is 229 g/mol. The van der Waals surface area contributed by atoms with E-state index in [1.54, 1.807) is 0 Å². The predicted octanol–water partition coefficient (Wildman–Crippen LogP) is 3.20. The van der Waals surface area contributed by atoms with Gasteiger partial charge in [-0.1, -0.05) is 35.9 Å². The van der Waals surface area contributed by atoms with Crippen LogP contribution in [0, 0.1) is 0 Å². The largest absolute Gasteiger partial charge is 0.324 e. The molecule has 0 aliphatic heterocycles. The Balaban J connectivity index is 0.000000980. The van der Waals surface area contributed by atoms with Gasteiger partial charge in [-0.05, 0) is 12.1 Å². The van der Waals surface area contributed by atoms with Crippen molar-refractivity contribution in [2.24, 2.45) is 5.84 Å². The van der Waals surface area contributed by atoms with Crippen molar-refractivity contribution in [2.75, 3.05) is 5.43 Å². The molecule has 4 heteroatoms. The minimum atomic E-state index is 0. The Bertz CT molecular complexity index is 443. The summed E-state index contributed by atoms with van der Waals surface area (Å²) in [6.45, 7) is 0. The molecule has 2 aromatic carbocycles. The number of anilines is 1. The van der Waals surface area contributed by atoms with Gasteiger partial charge in [0, 0.05) is 15.8 Å². The molecule has 3 N–H and O–H groups in total. The Morgan fingerprint density at radius 3 is 2.29 bits per heavy atom. The van der Waals surface area contributed by atoms with Crippen LogP contribution >= 0.6 is 24.0 Å². The van der Waals surface area contributed by atoms with E-state index in [9.17, 15) is 0 Å². The van der Waals surface area contributed by atoms with E-state index in [2.05, 4.69) is 5.43 Å². The molecule has 0 radical (unpaired) electrons. The highest BCUT2D eigenvalue weighted by Crippen LogP contribution is 2.28. The highest BCUT2D eigenvalue weighted by Gasteiger charge is 2.01. The summed E-state index contributed by atoms with van der Waals surface area (Å²) in [5.41, 5.74) is 3.53. The SMILES string of the molecule is Cl.NNc1ccc(Cl)c2ccccc12. The maximum atomic E-state index is 6.02. The highest BCUT2D eigenvalue weighted by atomic mass is 35.5. The molecule has 0 saturated heterocycles. The lowest BCUT2D eigenvalue weighted by molar-refractivity contribution is 1.37. The second-order valence-corrected chi connectivity index (χ2v) is 3.19. The number of nitrogen functional groups attached to an aromatic ring is 1. The molecule has 74 valence electrons. The van der Waals surface area contributed by atoms with Crippen molar-refractivity contribution in [2.45, 2.75) is 0 Å². The van der Waals surface area contributed by atoms with Crippen LogP contribution < -0.4 is 11.3 Å². The lowest BCUT2D eigenvalue weighted by Gasteiger charge is -2.06. The lowest BCUT2D eigenvalue weighted by atomic mass is 10.1. The van der Waals surface area contributed by atoms with Crippen LogP contribution in [0.3, 0.4) is 0 Å². The molecule has 0 unspecified atom stereocenters. The van der Waals surface area contributed by atoms with Crippen molar-refractivity contribution >= 4 is 40.5 Å². The molecule has 0 aliphatic carbocycles. The number of benzene rings is 2. The second-order valence-electron chi connectivity index (χ2n) is 2.78. The van der Waals surface area contributed by atoms with Gasteiger partial charge < -0.3 is 5.43 Å². The van der Waals surface area contributed by atoms with Gasteiger partial charge in [0.25, 0.3) is 0 Å². The summed E-state index contributed by atoms with van der Waals surface area (Å²) in [4.78, 5) is 0. The molecule has 0 atom stereocenters. The molecule has 14 heavy (non-hydrogen) atoms. The summed E-state index contributed by atoms with van der Waals surface area (Å²) in [7, 11) is 0. The van der Waals surface area contributed by atoms with Crippen LogP contribution in [0.15, 0.2) is 36.4 Å². The summed E-state index contributed by atoms with van der Waals surface area (Å²) >= 11 is 6.02. The standard InChI is InChI=1S/C10H9ClN2.ClH/c11-9-5-6-10(13-12)8-4-2-1-3-7(8)9;/h1-6,13H,12H2;1H. The number of halogens is 2. The van der Waals surface area contributed by atoms with E-state index >= 15 is 0 Å². The minimum absolute atomic E-state index is 0. The number of fused-ring (bicyclic) bond motifs is 1. The number of rotatable bonds is 1. The first-order valence-corrected chi connectivity index (χ1v) is 4.34. The first-order valence-electron chi connectivity index (χ1n) is 3.97. The van der Waals surface area contributed by atoms with Gasteiger partial charge in [0.05, 0.1) is 5.69 Å². The molecule has 0 saturated carbocycles. The van der Waals surface area contributed by atoms with Crippen molar-refractivity contribution in [3.63, 3.8) is 0 Å². The van der Waals surface area contributed by atoms with Gasteiger partial charge in [0.15, 0.2) is 0 Å². The maximum Gasteiger partial charge on any atom is 0.0564 e. The third-order valence-corrected chi connectivity index (χ3v) is 2.36. The minimum Gasteiger partial charge on any atom is -0.324 e. The van der Waals surface area contributed by atoms with E-state index in [0.29, 0.717) is 0 Å². The Kier molecular flexibility index (Phi) is 3.58. The maximum absolute atomic E-state index is 6.02. The Labute approximate surface area is 93.4 Å². The lowest BCUT2D eigenvalue weighted by Crippen LogP contribution is -2.06. The zero-order valence-corrected chi connectivity index (χ0v) is 8.90. The molecule has 0 aromatic heterocycles. The zero-order valence-electron chi connectivity index (χ0n) is 7.33. The number of hydrogen-bond donors (Lipinski definition) is 2. The monoisotopic (exact) mass is 228 g/mol. The quantitative estimate of drug-likeness (QED) is 0.582.